The molecular weight excluding hydrogens is 399 g/mol. The number of para-hydroxylation sites is 1. The van der Waals surface area contributed by atoms with E-state index in [0.717, 1.165) is 21.8 Å². The minimum absolute atomic E-state index is 0.165. The van der Waals surface area contributed by atoms with Gasteiger partial charge in [-0.25, -0.2) is 9.37 Å². The third-order valence-corrected chi connectivity index (χ3v) is 5.44. The van der Waals surface area contributed by atoms with Gasteiger partial charge in [0.2, 0.25) is 0 Å². The van der Waals surface area contributed by atoms with Crippen molar-refractivity contribution in [3.05, 3.63) is 101 Å². The van der Waals surface area contributed by atoms with Gasteiger partial charge in [0.25, 0.3) is 5.91 Å². The van der Waals surface area contributed by atoms with Crippen LogP contribution in [0.4, 0.5) is 10.1 Å². The lowest BCUT2D eigenvalue weighted by atomic mass is 10.2. The molecule has 0 bridgehead atoms. The molecule has 4 nitrogen and oxygen atoms in total. The van der Waals surface area contributed by atoms with Gasteiger partial charge >= 0.3 is 0 Å². The minimum atomic E-state index is -0.287. The van der Waals surface area contributed by atoms with Crippen molar-refractivity contribution in [2.45, 2.75) is 6.61 Å². The minimum Gasteiger partial charge on any atom is -0.489 e. The maximum atomic E-state index is 13.3. The van der Waals surface area contributed by atoms with Crippen LogP contribution in [0.3, 0.4) is 0 Å². The average Bonchev–Trinajstić information content (AvgIpc) is 3.28. The number of amides is 1. The molecule has 6 heteroatoms. The molecule has 0 aliphatic rings. The standard InChI is InChI=1S/C24H19FN2O2S/c1-27(20-10-3-2-4-11-20)24(28)22-16-30-23(26-22)18-8-6-12-21(14-18)29-15-17-7-5-9-19(25)13-17/h2-14,16H,15H2,1H3. The summed E-state index contributed by atoms with van der Waals surface area (Å²) in [6.45, 7) is 0.269. The number of rotatable bonds is 6. The van der Waals surface area contributed by atoms with Crippen LogP contribution in [0, 0.1) is 5.82 Å². The molecular formula is C24H19FN2O2S. The topological polar surface area (TPSA) is 42.4 Å². The zero-order chi connectivity index (χ0) is 20.9. The average molecular weight is 418 g/mol. The lowest BCUT2D eigenvalue weighted by Gasteiger charge is -2.15. The Morgan fingerprint density at radius 2 is 1.83 bits per heavy atom. The zero-order valence-corrected chi connectivity index (χ0v) is 17.1. The molecule has 30 heavy (non-hydrogen) atoms. The number of carbonyl (C=O) groups excluding carboxylic acids is 1. The summed E-state index contributed by atoms with van der Waals surface area (Å²) < 4.78 is 19.1. The van der Waals surface area contributed by atoms with Gasteiger partial charge in [0.05, 0.1) is 0 Å². The first-order valence-electron chi connectivity index (χ1n) is 9.36. The van der Waals surface area contributed by atoms with Gasteiger partial charge in [-0.15, -0.1) is 11.3 Å². The normalized spacial score (nSPS) is 10.6. The van der Waals surface area contributed by atoms with Crippen LogP contribution < -0.4 is 9.64 Å². The Labute approximate surface area is 178 Å². The molecule has 0 radical (unpaired) electrons. The van der Waals surface area contributed by atoms with E-state index in [2.05, 4.69) is 4.98 Å². The van der Waals surface area contributed by atoms with Crippen molar-refractivity contribution < 1.29 is 13.9 Å². The number of carbonyl (C=O) groups is 1. The molecule has 0 aliphatic heterocycles. The summed E-state index contributed by atoms with van der Waals surface area (Å²) in [5.74, 6) is 0.203. The highest BCUT2D eigenvalue weighted by atomic mass is 32.1. The molecule has 0 spiro atoms. The zero-order valence-electron chi connectivity index (χ0n) is 16.3. The number of hydrogen-bond donors (Lipinski definition) is 0. The number of halogens is 1. The van der Waals surface area contributed by atoms with Crippen molar-refractivity contribution in [1.29, 1.82) is 0 Å². The van der Waals surface area contributed by atoms with Crippen molar-refractivity contribution in [2.75, 3.05) is 11.9 Å². The van der Waals surface area contributed by atoms with Crippen LogP contribution >= 0.6 is 11.3 Å². The maximum absolute atomic E-state index is 13.3. The Kier molecular flexibility index (Phi) is 5.86. The van der Waals surface area contributed by atoms with E-state index in [1.165, 1.54) is 23.5 Å². The first-order valence-corrected chi connectivity index (χ1v) is 10.2. The Balaban J connectivity index is 1.48. The molecule has 0 atom stereocenters. The highest BCUT2D eigenvalue weighted by Gasteiger charge is 2.17. The van der Waals surface area contributed by atoms with Crippen molar-refractivity contribution in [2.24, 2.45) is 0 Å². The van der Waals surface area contributed by atoms with Crippen LogP contribution in [0.15, 0.2) is 84.2 Å². The predicted molar refractivity (Wildman–Crippen MR) is 117 cm³/mol. The molecule has 0 fully saturated rings. The summed E-state index contributed by atoms with van der Waals surface area (Å²) in [5.41, 5.74) is 2.82. The van der Waals surface area contributed by atoms with Gasteiger partial charge in [-0.3, -0.25) is 4.79 Å². The number of anilines is 1. The van der Waals surface area contributed by atoms with Crippen LogP contribution in [0.2, 0.25) is 0 Å². The number of hydrogen-bond acceptors (Lipinski definition) is 4. The monoisotopic (exact) mass is 418 g/mol. The first-order chi connectivity index (χ1) is 14.6. The van der Waals surface area contributed by atoms with E-state index >= 15 is 0 Å². The van der Waals surface area contributed by atoms with Gasteiger partial charge in [0, 0.05) is 23.7 Å². The fourth-order valence-electron chi connectivity index (χ4n) is 2.96. The van der Waals surface area contributed by atoms with E-state index in [1.807, 2.05) is 60.7 Å². The third-order valence-electron chi connectivity index (χ3n) is 4.55. The van der Waals surface area contributed by atoms with Gasteiger partial charge in [0.15, 0.2) is 0 Å². The van der Waals surface area contributed by atoms with Crippen LogP contribution in [-0.2, 0) is 6.61 Å². The molecule has 0 saturated heterocycles. The summed E-state index contributed by atoms with van der Waals surface area (Å²) in [5, 5.41) is 2.49. The Morgan fingerprint density at radius 3 is 2.63 bits per heavy atom. The second kappa shape index (κ2) is 8.88. The number of aromatic nitrogens is 1. The largest absolute Gasteiger partial charge is 0.489 e. The molecule has 1 aromatic heterocycles. The maximum Gasteiger partial charge on any atom is 0.277 e. The van der Waals surface area contributed by atoms with Gasteiger partial charge in [-0.2, -0.15) is 0 Å². The molecule has 0 aliphatic carbocycles. The number of ether oxygens (including phenoxy) is 1. The lowest BCUT2D eigenvalue weighted by Crippen LogP contribution is -2.26. The molecule has 3 aromatic carbocycles. The van der Waals surface area contributed by atoms with Gasteiger partial charge in [-0.1, -0.05) is 42.5 Å². The highest BCUT2D eigenvalue weighted by Crippen LogP contribution is 2.28. The highest BCUT2D eigenvalue weighted by molar-refractivity contribution is 7.13. The van der Waals surface area contributed by atoms with Crippen LogP contribution in [0.25, 0.3) is 10.6 Å². The summed E-state index contributed by atoms with van der Waals surface area (Å²) in [7, 11) is 1.73. The molecule has 4 rings (SSSR count). The van der Waals surface area contributed by atoms with Crippen molar-refractivity contribution in [3.8, 4) is 16.3 Å². The second-order valence-electron chi connectivity index (χ2n) is 6.68. The summed E-state index contributed by atoms with van der Waals surface area (Å²) >= 11 is 1.40. The van der Waals surface area contributed by atoms with Gasteiger partial charge in [0.1, 0.15) is 28.9 Å². The molecule has 1 heterocycles. The molecule has 0 N–H and O–H groups in total. The van der Waals surface area contributed by atoms with Crippen molar-refractivity contribution >= 4 is 22.9 Å². The van der Waals surface area contributed by atoms with E-state index < -0.39 is 0 Å². The summed E-state index contributed by atoms with van der Waals surface area (Å²) in [6, 6.07) is 23.3. The Bertz CT molecular complexity index is 1160. The predicted octanol–water partition coefficient (Wildman–Crippen LogP) is 5.80. The SMILES string of the molecule is CN(C(=O)c1csc(-c2cccc(OCc3cccc(F)c3)c2)n1)c1ccccc1. The summed E-state index contributed by atoms with van der Waals surface area (Å²) in [4.78, 5) is 18.9. The van der Waals surface area contributed by atoms with E-state index in [1.54, 1.807) is 23.4 Å². The van der Waals surface area contributed by atoms with E-state index in [0.29, 0.717) is 11.4 Å². The molecule has 150 valence electrons. The second-order valence-corrected chi connectivity index (χ2v) is 7.54. The number of benzene rings is 3. The third kappa shape index (κ3) is 4.55. The molecule has 1 amide bonds. The number of nitrogens with zero attached hydrogens (tertiary/aromatic N) is 2. The van der Waals surface area contributed by atoms with Crippen LogP contribution in [0.5, 0.6) is 5.75 Å². The van der Waals surface area contributed by atoms with E-state index in [4.69, 9.17) is 4.74 Å². The van der Waals surface area contributed by atoms with Crippen molar-refractivity contribution in [1.82, 2.24) is 4.98 Å². The van der Waals surface area contributed by atoms with Gasteiger partial charge in [-0.05, 0) is 42.0 Å². The molecule has 0 saturated carbocycles. The first kappa shape index (κ1) is 19.8. The smallest absolute Gasteiger partial charge is 0.277 e. The lowest BCUT2D eigenvalue weighted by molar-refractivity contribution is 0.0989. The van der Waals surface area contributed by atoms with Crippen LogP contribution in [0.1, 0.15) is 16.1 Å². The molecule has 0 unspecified atom stereocenters. The van der Waals surface area contributed by atoms with Crippen molar-refractivity contribution in [3.63, 3.8) is 0 Å². The fraction of sp³-hybridized carbons (Fsp3) is 0.0833. The molecule has 4 aromatic rings. The summed E-state index contributed by atoms with van der Waals surface area (Å²) in [6.07, 6.45) is 0. The number of thiazole rings is 1. The van der Waals surface area contributed by atoms with Crippen LogP contribution in [-0.4, -0.2) is 17.9 Å². The van der Waals surface area contributed by atoms with E-state index in [-0.39, 0.29) is 18.3 Å². The quantitative estimate of drug-likeness (QED) is 0.397. The van der Waals surface area contributed by atoms with E-state index in [9.17, 15) is 9.18 Å². The van der Waals surface area contributed by atoms with Gasteiger partial charge < -0.3 is 9.64 Å². The fourth-order valence-corrected chi connectivity index (χ4v) is 3.75. The Hall–Kier alpha value is -3.51. The Morgan fingerprint density at radius 1 is 1.03 bits per heavy atom.